The molecule has 0 aliphatic rings. The summed E-state index contributed by atoms with van der Waals surface area (Å²) in [5.74, 6) is 0. The van der Waals surface area contributed by atoms with Crippen molar-refractivity contribution >= 4 is 0 Å². The van der Waals surface area contributed by atoms with Gasteiger partial charge < -0.3 is 5.11 Å². The molecule has 0 saturated carbocycles. The van der Waals surface area contributed by atoms with Gasteiger partial charge in [-0.05, 0) is 6.92 Å². The molecular formula is C7H11N3O. The van der Waals surface area contributed by atoms with Gasteiger partial charge in [-0.1, -0.05) is 0 Å². The lowest BCUT2D eigenvalue weighted by molar-refractivity contribution is 0.154. The van der Waals surface area contributed by atoms with Gasteiger partial charge in [0.15, 0.2) is 0 Å². The second-order valence-corrected chi connectivity index (χ2v) is 2.30. The van der Waals surface area contributed by atoms with Crippen LogP contribution in [0, 0.1) is 0 Å². The number of nitrogens with zero attached hydrogens (tertiary/aromatic N) is 2. The number of nitrogens with one attached hydrogen (secondary N) is 1. The second-order valence-electron chi connectivity index (χ2n) is 2.30. The molecule has 1 rings (SSSR count). The maximum absolute atomic E-state index is 8.86. The summed E-state index contributed by atoms with van der Waals surface area (Å²) in [6.07, 6.45) is 4.41. The molecule has 0 aliphatic carbocycles. The molecule has 0 bridgehead atoms. The summed E-state index contributed by atoms with van der Waals surface area (Å²) in [4.78, 5) is 7.66. The molecule has 0 aliphatic heterocycles. The molecule has 1 heterocycles. The maximum Gasteiger partial charge on any atom is 0.115 e. The summed E-state index contributed by atoms with van der Waals surface area (Å²) in [6.45, 7) is 2.27. The lowest BCUT2D eigenvalue weighted by Crippen LogP contribution is -2.24. The van der Waals surface area contributed by atoms with Crippen LogP contribution in [0.25, 0.3) is 0 Å². The van der Waals surface area contributed by atoms with Crippen molar-refractivity contribution in [3.05, 3.63) is 24.3 Å². The highest BCUT2D eigenvalue weighted by Gasteiger charge is 1.94. The highest BCUT2D eigenvalue weighted by atomic mass is 16.3. The third-order valence-electron chi connectivity index (χ3n) is 1.22. The molecule has 1 aromatic heterocycles. The van der Waals surface area contributed by atoms with E-state index in [1.54, 1.807) is 19.3 Å². The quantitative estimate of drug-likeness (QED) is 0.595. The molecule has 1 unspecified atom stereocenters. The Bertz CT molecular complexity index is 200. The van der Waals surface area contributed by atoms with Crippen molar-refractivity contribution in [2.24, 2.45) is 0 Å². The zero-order valence-corrected chi connectivity index (χ0v) is 6.36. The zero-order chi connectivity index (χ0) is 8.10. The van der Waals surface area contributed by atoms with Gasteiger partial charge in [-0.25, -0.2) is 9.97 Å². The van der Waals surface area contributed by atoms with Gasteiger partial charge in [0.05, 0.1) is 0 Å². The Morgan fingerprint density at radius 2 is 2.18 bits per heavy atom. The van der Waals surface area contributed by atoms with E-state index in [0.717, 1.165) is 5.56 Å². The largest absolute Gasteiger partial charge is 0.379 e. The smallest absolute Gasteiger partial charge is 0.115 e. The van der Waals surface area contributed by atoms with Crippen LogP contribution < -0.4 is 5.32 Å². The van der Waals surface area contributed by atoms with Crippen LogP contribution in [0.2, 0.25) is 0 Å². The highest BCUT2D eigenvalue weighted by molar-refractivity contribution is 5.01. The van der Waals surface area contributed by atoms with E-state index in [4.69, 9.17) is 5.11 Å². The van der Waals surface area contributed by atoms with Gasteiger partial charge in [-0.2, -0.15) is 0 Å². The number of hydrogen-bond acceptors (Lipinski definition) is 4. The minimum absolute atomic E-state index is 0.491. The predicted octanol–water partition coefficient (Wildman–Crippen LogP) is -0.0955. The van der Waals surface area contributed by atoms with Gasteiger partial charge in [0.25, 0.3) is 0 Å². The molecule has 60 valence electrons. The van der Waals surface area contributed by atoms with Gasteiger partial charge in [-0.3, -0.25) is 5.32 Å². The van der Waals surface area contributed by atoms with Gasteiger partial charge in [0.1, 0.15) is 12.6 Å². The Labute approximate surface area is 65.3 Å². The van der Waals surface area contributed by atoms with Crippen LogP contribution >= 0.6 is 0 Å². The van der Waals surface area contributed by atoms with Gasteiger partial charge >= 0.3 is 0 Å². The molecule has 0 amide bonds. The van der Waals surface area contributed by atoms with Crippen molar-refractivity contribution in [2.75, 3.05) is 0 Å². The molecule has 1 atom stereocenters. The normalized spacial score (nSPS) is 12.9. The van der Waals surface area contributed by atoms with Crippen molar-refractivity contribution in [3.63, 3.8) is 0 Å². The number of aliphatic hydroxyl groups excluding tert-OH is 1. The van der Waals surface area contributed by atoms with Crippen LogP contribution in [-0.2, 0) is 6.54 Å². The molecule has 0 saturated heterocycles. The fraction of sp³-hybridized carbons (Fsp3) is 0.429. The summed E-state index contributed by atoms with van der Waals surface area (Å²) in [7, 11) is 0. The molecule has 11 heavy (non-hydrogen) atoms. The topological polar surface area (TPSA) is 58.0 Å². The van der Waals surface area contributed by atoms with Gasteiger partial charge in [0, 0.05) is 24.5 Å². The van der Waals surface area contributed by atoms with Gasteiger partial charge in [-0.15, -0.1) is 0 Å². The number of hydrogen-bond donors (Lipinski definition) is 2. The average Bonchev–Trinajstić information content (AvgIpc) is 2.03. The average molecular weight is 153 g/mol. The Morgan fingerprint density at radius 1 is 1.55 bits per heavy atom. The summed E-state index contributed by atoms with van der Waals surface area (Å²) in [5, 5.41) is 11.7. The Balaban J connectivity index is 2.39. The summed E-state index contributed by atoms with van der Waals surface area (Å²) in [5.41, 5.74) is 0.966. The minimum atomic E-state index is -0.491. The standard InChI is InChI=1S/C7H11N3O/c1-6(11)10-4-7-2-8-5-9-3-7/h2-3,5-6,10-11H,4H2,1H3. The third-order valence-corrected chi connectivity index (χ3v) is 1.22. The van der Waals surface area contributed by atoms with Crippen LogP contribution in [0.15, 0.2) is 18.7 Å². The Hall–Kier alpha value is -1.00. The third kappa shape index (κ3) is 3.06. The monoisotopic (exact) mass is 153 g/mol. The van der Waals surface area contributed by atoms with E-state index in [-0.39, 0.29) is 0 Å². The first-order valence-corrected chi connectivity index (χ1v) is 3.44. The van der Waals surface area contributed by atoms with Crippen LogP contribution in [-0.4, -0.2) is 21.3 Å². The summed E-state index contributed by atoms with van der Waals surface area (Å²) in [6, 6.07) is 0. The molecule has 0 aromatic carbocycles. The van der Waals surface area contributed by atoms with Crippen LogP contribution in [0.5, 0.6) is 0 Å². The molecule has 0 spiro atoms. The summed E-state index contributed by atoms with van der Waals surface area (Å²) >= 11 is 0. The molecule has 0 fully saturated rings. The zero-order valence-electron chi connectivity index (χ0n) is 6.36. The Kier molecular flexibility index (Phi) is 2.95. The van der Waals surface area contributed by atoms with Crippen molar-refractivity contribution in [1.82, 2.24) is 15.3 Å². The van der Waals surface area contributed by atoms with Crippen molar-refractivity contribution < 1.29 is 5.11 Å². The molecule has 4 heteroatoms. The van der Waals surface area contributed by atoms with E-state index in [9.17, 15) is 0 Å². The van der Waals surface area contributed by atoms with E-state index in [2.05, 4.69) is 15.3 Å². The van der Waals surface area contributed by atoms with E-state index in [0.29, 0.717) is 6.54 Å². The van der Waals surface area contributed by atoms with E-state index < -0.39 is 6.23 Å². The fourth-order valence-corrected chi connectivity index (χ4v) is 0.687. The first kappa shape index (κ1) is 8.10. The van der Waals surface area contributed by atoms with Crippen molar-refractivity contribution in [3.8, 4) is 0 Å². The lowest BCUT2D eigenvalue weighted by atomic mass is 10.3. The number of aromatic nitrogens is 2. The molecular weight excluding hydrogens is 142 g/mol. The van der Waals surface area contributed by atoms with Crippen LogP contribution in [0.3, 0.4) is 0 Å². The molecule has 4 nitrogen and oxygen atoms in total. The van der Waals surface area contributed by atoms with E-state index in [1.807, 2.05) is 0 Å². The van der Waals surface area contributed by atoms with Crippen LogP contribution in [0.1, 0.15) is 12.5 Å². The Morgan fingerprint density at radius 3 is 2.73 bits per heavy atom. The molecule has 2 N–H and O–H groups in total. The second kappa shape index (κ2) is 4.00. The number of rotatable bonds is 3. The fourth-order valence-electron chi connectivity index (χ4n) is 0.687. The lowest BCUT2D eigenvalue weighted by Gasteiger charge is -2.05. The summed E-state index contributed by atoms with van der Waals surface area (Å²) < 4.78 is 0. The highest BCUT2D eigenvalue weighted by Crippen LogP contribution is 1.91. The van der Waals surface area contributed by atoms with Crippen LogP contribution in [0.4, 0.5) is 0 Å². The predicted molar refractivity (Wildman–Crippen MR) is 40.6 cm³/mol. The van der Waals surface area contributed by atoms with E-state index >= 15 is 0 Å². The number of aliphatic hydroxyl groups is 1. The maximum atomic E-state index is 8.86. The van der Waals surface area contributed by atoms with E-state index in [1.165, 1.54) is 6.33 Å². The first-order valence-electron chi connectivity index (χ1n) is 3.44. The minimum Gasteiger partial charge on any atom is -0.379 e. The van der Waals surface area contributed by atoms with Gasteiger partial charge in [0.2, 0.25) is 0 Å². The SMILES string of the molecule is CC(O)NCc1cncnc1. The van der Waals surface area contributed by atoms with Crippen molar-refractivity contribution in [2.45, 2.75) is 19.7 Å². The van der Waals surface area contributed by atoms with Crippen molar-refractivity contribution in [1.29, 1.82) is 0 Å². The first-order chi connectivity index (χ1) is 5.29. The molecule has 0 radical (unpaired) electrons. The molecule has 1 aromatic rings.